The zero-order valence-corrected chi connectivity index (χ0v) is 8.96. The van der Waals surface area contributed by atoms with E-state index >= 15 is 0 Å². The molecular formula is C10H13N3O3. The SMILES string of the molecule is CCC1(O)CN(c2ccc([N+](=O)[O-])cn2)C1. The van der Waals surface area contributed by atoms with Crippen molar-refractivity contribution >= 4 is 11.5 Å². The summed E-state index contributed by atoms with van der Waals surface area (Å²) in [5.41, 5.74) is -0.640. The molecule has 0 bridgehead atoms. The molecule has 1 saturated heterocycles. The molecule has 16 heavy (non-hydrogen) atoms. The molecule has 0 spiro atoms. The van der Waals surface area contributed by atoms with E-state index in [2.05, 4.69) is 4.98 Å². The highest BCUT2D eigenvalue weighted by Crippen LogP contribution is 2.28. The average Bonchev–Trinajstić information content (AvgIpc) is 2.25. The normalized spacial score (nSPS) is 18.0. The van der Waals surface area contributed by atoms with Crippen LogP contribution in [0.3, 0.4) is 0 Å². The summed E-state index contributed by atoms with van der Waals surface area (Å²) in [6.07, 6.45) is 1.94. The molecule has 0 saturated carbocycles. The molecule has 0 amide bonds. The number of nitrogens with zero attached hydrogens (tertiary/aromatic N) is 3. The first-order valence-electron chi connectivity index (χ1n) is 5.12. The average molecular weight is 223 g/mol. The molecule has 0 aromatic carbocycles. The third kappa shape index (κ3) is 1.83. The quantitative estimate of drug-likeness (QED) is 0.609. The highest BCUT2D eigenvalue weighted by Gasteiger charge is 2.40. The van der Waals surface area contributed by atoms with E-state index in [4.69, 9.17) is 0 Å². The van der Waals surface area contributed by atoms with Crippen molar-refractivity contribution in [3.63, 3.8) is 0 Å². The third-order valence-electron chi connectivity index (χ3n) is 2.90. The van der Waals surface area contributed by atoms with Gasteiger partial charge in [-0.05, 0) is 12.5 Å². The number of nitro groups is 1. The fraction of sp³-hybridized carbons (Fsp3) is 0.500. The molecule has 1 aliphatic heterocycles. The summed E-state index contributed by atoms with van der Waals surface area (Å²) in [4.78, 5) is 15.8. The molecule has 1 N–H and O–H groups in total. The Bertz CT molecular complexity index is 398. The predicted molar refractivity (Wildman–Crippen MR) is 58.3 cm³/mol. The van der Waals surface area contributed by atoms with Gasteiger partial charge < -0.3 is 10.0 Å². The molecule has 1 aliphatic rings. The Morgan fingerprint density at radius 3 is 2.75 bits per heavy atom. The zero-order valence-electron chi connectivity index (χ0n) is 8.96. The Labute approximate surface area is 92.7 Å². The molecular weight excluding hydrogens is 210 g/mol. The Morgan fingerprint density at radius 1 is 1.62 bits per heavy atom. The zero-order chi connectivity index (χ0) is 11.8. The Balaban J connectivity index is 2.05. The van der Waals surface area contributed by atoms with E-state index in [0.717, 1.165) is 0 Å². The first kappa shape index (κ1) is 10.8. The van der Waals surface area contributed by atoms with Crippen LogP contribution in [-0.2, 0) is 0 Å². The van der Waals surface area contributed by atoms with Crippen LogP contribution >= 0.6 is 0 Å². The molecule has 2 rings (SSSR count). The molecule has 0 radical (unpaired) electrons. The predicted octanol–water partition coefficient (Wildman–Crippen LogP) is 0.951. The van der Waals surface area contributed by atoms with E-state index in [9.17, 15) is 15.2 Å². The van der Waals surface area contributed by atoms with Crippen LogP contribution < -0.4 is 4.90 Å². The van der Waals surface area contributed by atoms with Crippen LogP contribution in [0, 0.1) is 10.1 Å². The molecule has 6 nitrogen and oxygen atoms in total. The van der Waals surface area contributed by atoms with Crippen molar-refractivity contribution in [3.8, 4) is 0 Å². The highest BCUT2D eigenvalue weighted by atomic mass is 16.6. The van der Waals surface area contributed by atoms with Crippen LogP contribution in [0.2, 0.25) is 0 Å². The van der Waals surface area contributed by atoms with Gasteiger partial charge in [0.05, 0.1) is 10.5 Å². The lowest BCUT2D eigenvalue weighted by Crippen LogP contribution is -2.61. The van der Waals surface area contributed by atoms with Crippen LogP contribution in [0.1, 0.15) is 13.3 Å². The summed E-state index contributed by atoms with van der Waals surface area (Å²) >= 11 is 0. The van der Waals surface area contributed by atoms with E-state index in [1.807, 2.05) is 11.8 Å². The summed E-state index contributed by atoms with van der Waals surface area (Å²) in [7, 11) is 0. The summed E-state index contributed by atoms with van der Waals surface area (Å²) in [6.45, 7) is 3.00. The van der Waals surface area contributed by atoms with E-state index < -0.39 is 10.5 Å². The van der Waals surface area contributed by atoms with Crippen LogP contribution in [0.15, 0.2) is 18.3 Å². The molecule has 1 aromatic heterocycles. The lowest BCUT2D eigenvalue weighted by molar-refractivity contribution is -0.385. The summed E-state index contributed by atoms with van der Waals surface area (Å²) < 4.78 is 0. The maximum Gasteiger partial charge on any atom is 0.287 e. The largest absolute Gasteiger partial charge is 0.386 e. The Morgan fingerprint density at radius 2 is 2.31 bits per heavy atom. The lowest BCUT2D eigenvalue weighted by Gasteiger charge is -2.46. The van der Waals surface area contributed by atoms with Gasteiger partial charge in [-0.25, -0.2) is 4.98 Å². The fourth-order valence-corrected chi connectivity index (χ4v) is 1.72. The lowest BCUT2D eigenvalue weighted by atomic mass is 9.91. The topological polar surface area (TPSA) is 79.5 Å². The number of hydrogen-bond acceptors (Lipinski definition) is 5. The Kier molecular flexibility index (Phi) is 2.51. The first-order valence-corrected chi connectivity index (χ1v) is 5.12. The smallest absolute Gasteiger partial charge is 0.287 e. The first-order chi connectivity index (χ1) is 7.54. The molecule has 1 fully saturated rings. The van der Waals surface area contributed by atoms with Crippen LogP contribution in [0.5, 0.6) is 0 Å². The second-order valence-electron chi connectivity index (χ2n) is 4.07. The molecule has 0 atom stereocenters. The van der Waals surface area contributed by atoms with Gasteiger partial charge in [-0.3, -0.25) is 10.1 Å². The van der Waals surface area contributed by atoms with Crippen molar-refractivity contribution in [1.82, 2.24) is 4.98 Å². The number of hydrogen-bond donors (Lipinski definition) is 1. The number of pyridine rings is 1. The van der Waals surface area contributed by atoms with Gasteiger partial charge in [-0.1, -0.05) is 6.92 Å². The monoisotopic (exact) mass is 223 g/mol. The maximum absolute atomic E-state index is 10.4. The van der Waals surface area contributed by atoms with E-state index in [1.54, 1.807) is 6.07 Å². The van der Waals surface area contributed by atoms with Crippen molar-refractivity contribution in [2.24, 2.45) is 0 Å². The van der Waals surface area contributed by atoms with Crippen molar-refractivity contribution in [2.75, 3.05) is 18.0 Å². The fourth-order valence-electron chi connectivity index (χ4n) is 1.72. The van der Waals surface area contributed by atoms with E-state index in [0.29, 0.717) is 25.3 Å². The number of aromatic nitrogens is 1. The minimum atomic E-state index is -0.622. The molecule has 0 unspecified atom stereocenters. The van der Waals surface area contributed by atoms with E-state index in [1.165, 1.54) is 12.3 Å². The van der Waals surface area contributed by atoms with Crippen LogP contribution in [0.25, 0.3) is 0 Å². The molecule has 1 aromatic rings. The molecule has 2 heterocycles. The standard InChI is InChI=1S/C10H13N3O3/c1-2-10(14)6-12(7-10)9-4-3-8(5-11-9)13(15)16/h3-5,14H,2,6-7H2,1H3. The van der Waals surface area contributed by atoms with Crippen molar-refractivity contribution < 1.29 is 10.0 Å². The number of β-amino-alcohol motifs (C(OH)–C–C–N with tert-alkyl or cyclic N) is 1. The molecule has 86 valence electrons. The van der Waals surface area contributed by atoms with Crippen molar-refractivity contribution in [2.45, 2.75) is 18.9 Å². The van der Waals surface area contributed by atoms with Gasteiger partial charge in [0, 0.05) is 19.2 Å². The maximum atomic E-state index is 10.4. The second-order valence-corrected chi connectivity index (χ2v) is 4.07. The third-order valence-corrected chi connectivity index (χ3v) is 2.90. The Hall–Kier alpha value is -1.69. The van der Waals surface area contributed by atoms with Gasteiger partial charge in [0.1, 0.15) is 12.0 Å². The van der Waals surface area contributed by atoms with Crippen molar-refractivity contribution in [1.29, 1.82) is 0 Å². The summed E-state index contributed by atoms with van der Waals surface area (Å²) in [6, 6.07) is 3.03. The van der Waals surface area contributed by atoms with Gasteiger partial charge in [-0.2, -0.15) is 0 Å². The minimum absolute atomic E-state index is 0.0185. The van der Waals surface area contributed by atoms with E-state index in [-0.39, 0.29) is 5.69 Å². The summed E-state index contributed by atoms with van der Waals surface area (Å²) in [5.74, 6) is 0.670. The van der Waals surface area contributed by atoms with Crippen molar-refractivity contribution in [3.05, 3.63) is 28.4 Å². The number of aliphatic hydroxyl groups is 1. The molecule has 6 heteroatoms. The number of rotatable bonds is 3. The molecule has 0 aliphatic carbocycles. The van der Waals surface area contributed by atoms with Gasteiger partial charge >= 0.3 is 0 Å². The highest BCUT2D eigenvalue weighted by molar-refractivity contribution is 5.46. The van der Waals surface area contributed by atoms with Gasteiger partial charge in [-0.15, -0.1) is 0 Å². The van der Waals surface area contributed by atoms with Gasteiger partial charge in [0.15, 0.2) is 0 Å². The van der Waals surface area contributed by atoms with Gasteiger partial charge in [0.25, 0.3) is 5.69 Å². The summed E-state index contributed by atoms with van der Waals surface area (Å²) in [5, 5.41) is 20.2. The van der Waals surface area contributed by atoms with Gasteiger partial charge in [0.2, 0.25) is 0 Å². The van der Waals surface area contributed by atoms with Crippen LogP contribution in [-0.4, -0.2) is 33.7 Å². The van der Waals surface area contributed by atoms with Crippen LogP contribution in [0.4, 0.5) is 11.5 Å². The second kappa shape index (κ2) is 3.71. The number of anilines is 1. The minimum Gasteiger partial charge on any atom is -0.386 e.